The molecule has 2 N–H and O–H groups in total. The normalized spacial score (nSPS) is 3.43. The van der Waals surface area contributed by atoms with E-state index in [1.54, 1.807) is 0 Å². The Morgan fingerprint density at radius 1 is 1.00 bits per heavy atom. The zero-order valence-electron chi connectivity index (χ0n) is 1.80. The van der Waals surface area contributed by atoms with Crippen molar-refractivity contribution in [2.24, 2.45) is 0 Å². The molecule has 0 spiro atoms. The molecule has 0 aliphatic carbocycles. The fraction of sp³-hybridized carbons (Fsp3) is 0. The number of rotatable bonds is 0. The molecule has 0 rings (SSSR count). The van der Waals surface area contributed by atoms with Gasteiger partial charge in [0, 0.05) is 0 Å². The van der Waals surface area contributed by atoms with Gasteiger partial charge in [0.25, 0.3) is 0 Å². The minimum absolute atomic E-state index is 0. The van der Waals surface area contributed by atoms with Crippen molar-refractivity contribution in [2.45, 2.75) is 0 Å². The fourth-order valence-electron chi connectivity index (χ4n) is 0. The minimum atomic E-state index is -1.83. The molecule has 7 heavy (non-hydrogen) atoms. The van der Waals surface area contributed by atoms with E-state index in [1.165, 1.54) is 0 Å². The van der Waals surface area contributed by atoms with Crippen LogP contribution in [0, 0.1) is 0 Å². The number of carboxylic acid groups (broad SMARTS) is 2. The van der Waals surface area contributed by atoms with E-state index < -0.39 is 6.16 Å². The van der Waals surface area contributed by atoms with Crippen LogP contribution in [0.5, 0.6) is 0 Å². The first-order chi connectivity index (χ1) is 1.73. The topological polar surface area (TPSA) is 57.5 Å². The summed E-state index contributed by atoms with van der Waals surface area (Å²) in [5.41, 5.74) is 0. The molecule has 0 unspecified atom stereocenters. The van der Waals surface area contributed by atoms with Gasteiger partial charge in [-0.15, -0.1) is 0 Å². The number of hydrogen-bond donors (Lipinski definition) is 2. The van der Waals surface area contributed by atoms with Crippen LogP contribution in [0.1, 0.15) is 0 Å². The Kier molecular flexibility index (Phi) is 51.3. The Hall–Kier alpha value is 2.27. The summed E-state index contributed by atoms with van der Waals surface area (Å²) in [6, 6.07) is 0. The number of hydrogen-bond acceptors (Lipinski definition) is 1. The van der Waals surface area contributed by atoms with E-state index in [4.69, 9.17) is 15.0 Å². The summed E-state index contributed by atoms with van der Waals surface area (Å²) >= 11 is 0. The predicted molar refractivity (Wildman–Crippen MR) is 32.1 cm³/mol. The Bertz CT molecular complexity index is 33.2. The molecule has 0 aromatic heterocycles. The van der Waals surface area contributed by atoms with Gasteiger partial charge in [-0.25, -0.2) is 4.79 Å². The van der Waals surface area contributed by atoms with Crippen LogP contribution >= 0.6 is 0 Å². The average molecular weight is 134 g/mol. The molecule has 0 saturated heterocycles. The molecular formula is CH5Na3O3. The maximum atomic E-state index is 8.56. The first kappa shape index (κ1) is 22.8. The van der Waals surface area contributed by atoms with Gasteiger partial charge in [0.05, 0.1) is 0 Å². The summed E-state index contributed by atoms with van der Waals surface area (Å²) < 4.78 is 0. The molecule has 0 amide bonds. The van der Waals surface area contributed by atoms with Gasteiger partial charge >= 0.3 is 94.8 Å². The average Bonchev–Trinajstić information content (AvgIpc) is 0.811. The van der Waals surface area contributed by atoms with Crippen molar-refractivity contribution >= 4 is 94.8 Å². The summed E-state index contributed by atoms with van der Waals surface area (Å²) in [7, 11) is 0. The summed E-state index contributed by atoms with van der Waals surface area (Å²) in [5, 5.41) is 13.9. The summed E-state index contributed by atoms with van der Waals surface area (Å²) in [5.74, 6) is 0. The van der Waals surface area contributed by atoms with Gasteiger partial charge in [-0.1, -0.05) is 0 Å². The second-order valence-electron chi connectivity index (χ2n) is 0.283. The molecule has 0 fully saturated rings. The van der Waals surface area contributed by atoms with Crippen LogP contribution in [-0.4, -0.2) is 105 Å². The Morgan fingerprint density at radius 3 is 1.00 bits per heavy atom. The van der Waals surface area contributed by atoms with Crippen molar-refractivity contribution in [3.8, 4) is 0 Å². The molecule has 0 aromatic carbocycles. The van der Waals surface area contributed by atoms with Crippen molar-refractivity contribution in [3.63, 3.8) is 0 Å². The third-order valence-electron chi connectivity index (χ3n) is 0. The molecular weight excluding hydrogens is 129 g/mol. The van der Waals surface area contributed by atoms with Gasteiger partial charge in [-0.2, -0.15) is 0 Å². The van der Waals surface area contributed by atoms with Crippen molar-refractivity contribution in [1.29, 1.82) is 0 Å². The molecule has 0 atom stereocenters. The Balaban J connectivity index is -0.0000000150. The fourth-order valence-corrected chi connectivity index (χ4v) is 0. The van der Waals surface area contributed by atoms with Crippen molar-refractivity contribution in [1.82, 2.24) is 0 Å². The molecule has 30 valence electrons. The molecule has 0 saturated carbocycles. The molecule has 0 radical (unpaired) electrons. The third-order valence-corrected chi connectivity index (χ3v) is 0. The molecule has 0 heterocycles. The van der Waals surface area contributed by atoms with E-state index in [0.29, 0.717) is 0 Å². The van der Waals surface area contributed by atoms with Gasteiger partial charge in [0.2, 0.25) is 0 Å². The molecule has 0 bridgehead atoms. The molecule has 6 heteroatoms. The molecule has 0 aliphatic heterocycles. The van der Waals surface area contributed by atoms with E-state index >= 15 is 0 Å². The van der Waals surface area contributed by atoms with E-state index in [9.17, 15) is 0 Å². The molecule has 3 nitrogen and oxygen atoms in total. The summed E-state index contributed by atoms with van der Waals surface area (Å²) in [6.07, 6.45) is -1.83. The van der Waals surface area contributed by atoms with Gasteiger partial charge in [0.1, 0.15) is 0 Å². The van der Waals surface area contributed by atoms with Gasteiger partial charge in [0.15, 0.2) is 0 Å². The molecule has 0 aromatic rings. The van der Waals surface area contributed by atoms with Gasteiger partial charge < -0.3 is 10.2 Å². The van der Waals surface area contributed by atoms with E-state index in [1.807, 2.05) is 0 Å². The van der Waals surface area contributed by atoms with Crippen LogP contribution in [0.3, 0.4) is 0 Å². The Labute approximate surface area is 108 Å². The van der Waals surface area contributed by atoms with Crippen LogP contribution in [0.15, 0.2) is 0 Å². The Morgan fingerprint density at radius 2 is 1.00 bits per heavy atom. The standard InChI is InChI=1S/CH2O3.3Na.3H/c2-1(3)4;;;;;;/h(H2,2,3,4);;;;;;. The SMILES string of the molecule is O=C(O)O.[NaH].[NaH].[NaH]. The van der Waals surface area contributed by atoms with Crippen LogP contribution in [0.4, 0.5) is 4.79 Å². The third kappa shape index (κ3) is 63.1. The van der Waals surface area contributed by atoms with Crippen molar-refractivity contribution in [2.75, 3.05) is 0 Å². The zero-order chi connectivity index (χ0) is 3.58. The van der Waals surface area contributed by atoms with Crippen LogP contribution in [0.2, 0.25) is 0 Å². The quantitative estimate of drug-likeness (QED) is 0.387. The van der Waals surface area contributed by atoms with E-state index in [-0.39, 0.29) is 88.7 Å². The van der Waals surface area contributed by atoms with E-state index in [0.717, 1.165) is 0 Å². The first-order valence-electron chi connectivity index (χ1n) is 0.651. The molecule has 0 aliphatic rings. The summed E-state index contributed by atoms with van der Waals surface area (Å²) in [6.45, 7) is 0. The zero-order valence-corrected chi connectivity index (χ0v) is 1.80. The predicted octanol–water partition coefficient (Wildman–Crippen LogP) is -1.72. The maximum absolute atomic E-state index is 8.56. The summed E-state index contributed by atoms with van der Waals surface area (Å²) in [4.78, 5) is 8.56. The van der Waals surface area contributed by atoms with Crippen molar-refractivity contribution in [3.05, 3.63) is 0 Å². The van der Waals surface area contributed by atoms with E-state index in [2.05, 4.69) is 0 Å². The van der Waals surface area contributed by atoms with Gasteiger partial charge in [-0.3, -0.25) is 0 Å². The second kappa shape index (κ2) is 15.7. The van der Waals surface area contributed by atoms with Crippen LogP contribution in [0.25, 0.3) is 0 Å². The van der Waals surface area contributed by atoms with Crippen molar-refractivity contribution < 1.29 is 15.0 Å². The first-order valence-corrected chi connectivity index (χ1v) is 0.651. The second-order valence-corrected chi connectivity index (χ2v) is 0.283. The van der Waals surface area contributed by atoms with Gasteiger partial charge in [-0.05, 0) is 0 Å². The van der Waals surface area contributed by atoms with Crippen LogP contribution in [-0.2, 0) is 0 Å². The van der Waals surface area contributed by atoms with Crippen LogP contribution < -0.4 is 0 Å². The number of carbonyl (C=O) groups is 1. The monoisotopic (exact) mass is 134 g/mol.